The highest BCUT2D eigenvalue weighted by Gasteiger charge is 2.34. The summed E-state index contributed by atoms with van der Waals surface area (Å²) < 4.78 is 60.5. The largest absolute Gasteiger partial charge is 0.490 e. The fourth-order valence-electron chi connectivity index (χ4n) is 6.41. The Hall–Kier alpha value is -5.01. The minimum atomic E-state index is -0.830. The molecule has 0 aliphatic carbocycles. The van der Waals surface area contributed by atoms with Crippen LogP contribution in [0.3, 0.4) is 0 Å². The molecule has 5 aromatic heterocycles. The minimum absolute atomic E-state index is 0.00844. The highest BCUT2D eigenvalue weighted by atomic mass is 32.1. The van der Waals surface area contributed by atoms with Crippen LogP contribution in [-0.4, -0.2) is 62.0 Å². The van der Waals surface area contributed by atoms with Gasteiger partial charge in [0.05, 0.1) is 41.2 Å². The molecule has 9 nitrogen and oxygen atoms in total. The van der Waals surface area contributed by atoms with Gasteiger partial charge in [-0.15, -0.1) is 11.3 Å². The maximum atomic E-state index is 16.1. The molecule has 0 bridgehead atoms. The average Bonchev–Trinajstić information content (AvgIpc) is 3.80. The van der Waals surface area contributed by atoms with E-state index in [0.29, 0.717) is 50.4 Å². The first-order valence-electron chi connectivity index (χ1n) is 15.3. The van der Waals surface area contributed by atoms with Gasteiger partial charge in [0.25, 0.3) is 0 Å². The van der Waals surface area contributed by atoms with E-state index in [2.05, 4.69) is 11.6 Å². The lowest BCUT2D eigenvalue weighted by atomic mass is 9.96. The van der Waals surface area contributed by atoms with Crippen LogP contribution in [0.15, 0.2) is 60.8 Å². The monoisotopic (exact) mass is 672 g/mol. The molecule has 1 aliphatic heterocycles. The summed E-state index contributed by atoms with van der Waals surface area (Å²) >= 11 is 1.37. The van der Waals surface area contributed by atoms with Crippen molar-refractivity contribution in [2.45, 2.75) is 25.9 Å². The summed E-state index contributed by atoms with van der Waals surface area (Å²) in [5, 5.41) is 7.53. The number of rotatable bonds is 8. The number of fused-ring (bicyclic) bond motifs is 3. The Bertz CT molecular complexity index is 2240. The molecule has 0 unspecified atom stereocenters. The number of hydrogen-bond donors (Lipinski definition) is 0. The van der Waals surface area contributed by atoms with Crippen LogP contribution < -0.4 is 4.74 Å². The van der Waals surface area contributed by atoms with Gasteiger partial charge < -0.3 is 18.9 Å². The summed E-state index contributed by atoms with van der Waals surface area (Å²) in [7, 11) is 3.24. The maximum absolute atomic E-state index is 16.1. The normalized spacial score (nSPS) is 16.1. The molecular weight excluding hydrogens is 641 g/mol. The van der Waals surface area contributed by atoms with Gasteiger partial charge in [0.2, 0.25) is 5.91 Å². The topological polar surface area (TPSA) is 87.3 Å². The van der Waals surface area contributed by atoms with Crippen LogP contribution in [0, 0.1) is 17.5 Å². The second-order valence-corrected chi connectivity index (χ2v) is 12.7. The van der Waals surface area contributed by atoms with Crippen molar-refractivity contribution >= 4 is 38.4 Å². The molecule has 1 aromatic carbocycles. The third-order valence-corrected chi connectivity index (χ3v) is 9.65. The van der Waals surface area contributed by atoms with Gasteiger partial charge in [-0.05, 0) is 43.5 Å². The summed E-state index contributed by atoms with van der Waals surface area (Å²) in [6, 6.07) is 6.98. The van der Waals surface area contributed by atoms with E-state index in [1.54, 1.807) is 22.7 Å². The van der Waals surface area contributed by atoms with Crippen molar-refractivity contribution in [3.05, 3.63) is 83.9 Å². The molecule has 48 heavy (non-hydrogen) atoms. The first-order valence-corrected chi connectivity index (χ1v) is 16.1. The lowest BCUT2D eigenvalue weighted by molar-refractivity contribution is -0.129. The highest BCUT2D eigenvalue weighted by molar-refractivity contribution is 7.18. The van der Waals surface area contributed by atoms with Crippen molar-refractivity contribution in [3.63, 3.8) is 0 Å². The van der Waals surface area contributed by atoms with Gasteiger partial charge in [-0.1, -0.05) is 6.58 Å². The predicted octanol–water partition coefficient (Wildman–Crippen LogP) is 7.47. The highest BCUT2D eigenvalue weighted by Crippen LogP contribution is 2.48. The second-order valence-electron chi connectivity index (χ2n) is 11.7. The molecule has 0 N–H and O–H groups in total. The van der Waals surface area contributed by atoms with Crippen LogP contribution in [0.5, 0.6) is 5.75 Å². The van der Waals surface area contributed by atoms with E-state index in [1.807, 2.05) is 42.1 Å². The van der Waals surface area contributed by atoms with Gasteiger partial charge in [0, 0.05) is 66.4 Å². The fraction of sp³-hybridized carbons (Fsp3) is 0.257. The van der Waals surface area contributed by atoms with Crippen LogP contribution in [0.25, 0.3) is 54.9 Å². The number of benzene rings is 1. The van der Waals surface area contributed by atoms with Gasteiger partial charge in [-0.3, -0.25) is 14.5 Å². The SMILES string of the molecule is C=CC(=O)N1C[C@H](C)n2nc(-c3nc(-c4cnc5c(F)cn(C)c5c4)c4ccsc4c3-c3c(F)cc(F)cc3OCCOC)cc2[C@H]1C. The van der Waals surface area contributed by atoms with Crippen LogP contribution >= 0.6 is 11.3 Å². The van der Waals surface area contributed by atoms with Crippen molar-refractivity contribution in [2.24, 2.45) is 7.05 Å². The summed E-state index contributed by atoms with van der Waals surface area (Å²) in [6.45, 7) is 8.20. The number of pyridine rings is 2. The van der Waals surface area contributed by atoms with Gasteiger partial charge in [-0.2, -0.15) is 5.10 Å². The van der Waals surface area contributed by atoms with Crippen molar-refractivity contribution in [1.29, 1.82) is 0 Å². The van der Waals surface area contributed by atoms with E-state index in [0.717, 1.165) is 17.8 Å². The van der Waals surface area contributed by atoms with Crippen LogP contribution in [0.2, 0.25) is 0 Å². The number of thiophene rings is 1. The Morgan fingerprint density at radius 3 is 2.69 bits per heavy atom. The number of carbonyl (C=O) groups is 1. The maximum Gasteiger partial charge on any atom is 0.246 e. The zero-order chi connectivity index (χ0) is 33.9. The number of amides is 1. The van der Waals surface area contributed by atoms with Crippen molar-refractivity contribution in [2.75, 3.05) is 26.9 Å². The molecule has 0 radical (unpaired) electrons. The number of aryl methyl sites for hydroxylation is 1. The molecule has 0 saturated heterocycles. The van der Waals surface area contributed by atoms with Gasteiger partial charge >= 0.3 is 0 Å². The molecule has 0 saturated carbocycles. The van der Waals surface area contributed by atoms with Crippen LogP contribution in [0.4, 0.5) is 13.2 Å². The number of halogens is 3. The number of carbonyl (C=O) groups excluding carboxylic acids is 1. The summed E-state index contributed by atoms with van der Waals surface area (Å²) in [5.41, 5.74) is 3.87. The molecule has 6 aromatic rings. The van der Waals surface area contributed by atoms with E-state index in [4.69, 9.17) is 19.6 Å². The third kappa shape index (κ3) is 5.13. The summed E-state index contributed by atoms with van der Waals surface area (Å²) in [6.07, 6.45) is 4.22. The first-order chi connectivity index (χ1) is 23.1. The zero-order valence-electron chi connectivity index (χ0n) is 26.6. The molecule has 0 spiro atoms. The molecular formula is C35H31F3N6O3S. The third-order valence-electron chi connectivity index (χ3n) is 8.71. The van der Waals surface area contributed by atoms with Crippen LogP contribution in [-0.2, 0) is 16.6 Å². The molecule has 246 valence electrons. The Kier molecular flexibility index (Phi) is 8.04. The molecule has 6 heterocycles. The van der Waals surface area contributed by atoms with Crippen molar-refractivity contribution in [3.8, 4) is 39.5 Å². The smallest absolute Gasteiger partial charge is 0.246 e. The molecule has 13 heteroatoms. The molecule has 7 rings (SSSR count). The van der Waals surface area contributed by atoms with Gasteiger partial charge in [-0.25, -0.2) is 18.2 Å². The Balaban J connectivity index is 1.52. The number of nitrogens with zero attached hydrogens (tertiary/aromatic N) is 6. The van der Waals surface area contributed by atoms with Crippen LogP contribution in [0.1, 0.15) is 31.6 Å². The quantitative estimate of drug-likeness (QED) is 0.123. The Morgan fingerprint density at radius 2 is 1.92 bits per heavy atom. The number of ether oxygens (including phenoxy) is 2. The molecule has 1 aliphatic rings. The standard InChI is InChI=1S/C35H31F3N6O3S/c1-6-29(45)43-16-18(2)44-26(19(43)3)14-25(41-44)34-31(30-23(37)12-21(36)13-28(30)47-9-8-46-5)35-22(7-10-48-35)32(40-34)20-11-27-33(39-15-20)24(38)17-42(27)4/h6-7,10-15,17-19H,1,8-9,16H2,2-5H3/t18-,19+/m0/s1. The predicted molar refractivity (Wildman–Crippen MR) is 178 cm³/mol. The Labute approximate surface area is 277 Å². The lowest BCUT2D eigenvalue weighted by Gasteiger charge is -2.36. The number of aromatic nitrogens is 5. The van der Waals surface area contributed by atoms with E-state index >= 15 is 4.39 Å². The summed E-state index contributed by atoms with van der Waals surface area (Å²) in [4.78, 5) is 24.0. The number of methoxy groups -OCH3 is 1. The minimum Gasteiger partial charge on any atom is -0.490 e. The van der Waals surface area contributed by atoms with Gasteiger partial charge in [0.1, 0.15) is 40.9 Å². The lowest BCUT2D eigenvalue weighted by Crippen LogP contribution is -2.42. The fourth-order valence-corrected chi connectivity index (χ4v) is 7.36. The van der Waals surface area contributed by atoms with E-state index in [-0.39, 0.29) is 48.0 Å². The van der Waals surface area contributed by atoms with E-state index in [1.165, 1.54) is 30.7 Å². The number of hydrogen-bond acceptors (Lipinski definition) is 7. The summed E-state index contributed by atoms with van der Waals surface area (Å²) in [5.74, 6) is -2.27. The second kappa shape index (κ2) is 12.2. The molecule has 0 fully saturated rings. The van der Waals surface area contributed by atoms with Crippen molar-refractivity contribution < 1.29 is 27.4 Å². The zero-order valence-corrected chi connectivity index (χ0v) is 27.4. The van der Waals surface area contributed by atoms with Crippen molar-refractivity contribution in [1.82, 2.24) is 29.2 Å². The Morgan fingerprint density at radius 1 is 1.10 bits per heavy atom. The van der Waals surface area contributed by atoms with Gasteiger partial charge in [0.15, 0.2) is 5.82 Å². The molecule has 1 amide bonds. The molecule has 2 atom stereocenters. The van der Waals surface area contributed by atoms with E-state index < -0.39 is 17.5 Å². The average molecular weight is 673 g/mol. The first kappa shape index (κ1) is 31.6. The van der Waals surface area contributed by atoms with E-state index in [9.17, 15) is 13.6 Å².